The first-order chi connectivity index (χ1) is 8.04. The Labute approximate surface area is 102 Å². The van der Waals surface area contributed by atoms with Crippen molar-refractivity contribution in [3.63, 3.8) is 0 Å². The van der Waals surface area contributed by atoms with Gasteiger partial charge in [0.25, 0.3) is 0 Å². The Kier molecular flexibility index (Phi) is 5.10. The second kappa shape index (κ2) is 6.35. The minimum Gasteiger partial charge on any atom is -0.480 e. The Morgan fingerprint density at radius 3 is 2.82 bits per heavy atom. The Morgan fingerprint density at radius 1 is 1.59 bits per heavy atom. The van der Waals surface area contributed by atoms with Gasteiger partial charge in [-0.2, -0.15) is 0 Å². The first kappa shape index (κ1) is 13.6. The van der Waals surface area contributed by atoms with Crippen molar-refractivity contribution >= 4 is 5.97 Å². The van der Waals surface area contributed by atoms with Crippen LogP contribution in [0, 0.1) is 6.92 Å². The molecule has 4 heteroatoms. The van der Waals surface area contributed by atoms with Gasteiger partial charge in [0.05, 0.1) is 6.54 Å². The van der Waals surface area contributed by atoms with Gasteiger partial charge in [-0.15, -0.1) is 0 Å². The SMILES string of the molecule is CCC(C)N(CC(=O)O)Cc1cnccc1C. The van der Waals surface area contributed by atoms with Crippen molar-refractivity contribution in [1.29, 1.82) is 0 Å². The van der Waals surface area contributed by atoms with Crippen LogP contribution in [-0.2, 0) is 11.3 Å². The first-order valence-corrected chi connectivity index (χ1v) is 5.90. The molecule has 0 aromatic carbocycles. The van der Waals surface area contributed by atoms with E-state index in [1.54, 1.807) is 6.20 Å². The van der Waals surface area contributed by atoms with Crippen molar-refractivity contribution in [2.45, 2.75) is 39.8 Å². The summed E-state index contributed by atoms with van der Waals surface area (Å²) in [6.07, 6.45) is 4.50. The second-order valence-electron chi connectivity index (χ2n) is 4.36. The van der Waals surface area contributed by atoms with Gasteiger partial charge in [0.2, 0.25) is 0 Å². The predicted molar refractivity (Wildman–Crippen MR) is 66.8 cm³/mol. The minimum atomic E-state index is -0.785. The summed E-state index contributed by atoms with van der Waals surface area (Å²) in [5.41, 5.74) is 2.24. The van der Waals surface area contributed by atoms with E-state index in [9.17, 15) is 4.79 Å². The summed E-state index contributed by atoms with van der Waals surface area (Å²) in [5.74, 6) is -0.785. The molecule has 1 aromatic rings. The fourth-order valence-corrected chi connectivity index (χ4v) is 1.68. The van der Waals surface area contributed by atoms with Crippen LogP contribution in [0.2, 0.25) is 0 Å². The summed E-state index contributed by atoms with van der Waals surface area (Å²) in [5, 5.41) is 8.92. The molecule has 0 amide bonds. The third-order valence-electron chi connectivity index (χ3n) is 3.07. The van der Waals surface area contributed by atoms with E-state index in [1.165, 1.54) is 0 Å². The standard InChI is InChI=1S/C13H20N2O2/c1-4-11(3)15(9-13(16)17)8-12-7-14-6-5-10(12)2/h5-7,11H,4,8-9H2,1-3H3,(H,16,17). The normalized spacial score (nSPS) is 12.7. The molecule has 1 N–H and O–H groups in total. The number of carbonyl (C=O) groups is 1. The zero-order chi connectivity index (χ0) is 12.8. The van der Waals surface area contributed by atoms with Gasteiger partial charge in [-0.1, -0.05) is 6.92 Å². The van der Waals surface area contributed by atoms with Crippen LogP contribution in [0.1, 0.15) is 31.4 Å². The molecule has 0 radical (unpaired) electrons. The van der Waals surface area contributed by atoms with Gasteiger partial charge in [0.1, 0.15) is 0 Å². The molecule has 1 aromatic heterocycles. The van der Waals surface area contributed by atoms with Crippen LogP contribution in [0.4, 0.5) is 0 Å². The van der Waals surface area contributed by atoms with Gasteiger partial charge in [-0.3, -0.25) is 14.7 Å². The summed E-state index contributed by atoms with van der Waals surface area (Å²) >= 11 is 0. The number of aromatic nitrogens is 1. The van der Waals surface area contributed by atoms with Crippen molar-refractivity contribution in [1.82, 2.24) is 9.88 Å². The maximum atomic E-state index is 10.8. The Hall–Kier alpha value is -1.42. The van der Waals surface area contributed by atoms with E-state index < -0.39 is 5.97 Å². The Morgan fingerprint density at radius 2 is 2.29 bits per heavy atom. The molecule has 1 atom stereocenters. The first-order valence-electron chi connectivity index (χ1n) is 5.90. The van der Waals surface area contributed by atoms with Gasteiger partial charge in [-0.25, -0.2) is 0 Å². The number of hydrogen-bond acceptors (Lipinski definition) is 3. The third-order valence-corrected chi connectivity index (χ3v) is 3.07. The van der Waals surface area contributed by atoms with Crippen molar-refractivity contribution in [3.05, 3.63) is 29.6 Å². The lowest BCUT2D eigenvalue weighted by molar-refractivity contribution is -0.139. The van der Waals surface area contributed by atoms with Crippen LogP contribution in [0.25, 0.3) is 0 Å². The molecule has 1 unspecified atom stereocenters. The Balaban J connectivity index is 2.79. The topological polar surface area (TPSA) is 53.4 Å². The van der Waals surface area contributed by atoms with Crippen LogP contribution in [0.15, 0.2) is 18.5 Å². The molecule has 0 spiro atoms. The lowest BCUT2D eigenvalue weighted by atomic mass is 10.1. The van der Waals surface area contributed by atoms with E-state index in [4.69, 9.17) is 5.11 Å². The molecule has 0 fully saturated rings. The van der Waals surface area contributed by atoms with Crippen LogP contribution >= 0.6 is 0 Å². The van der Waals surface area contributed by atoms with Crippen molar-refractivity contribution in [2.24, 2.45) is 0 Å². The smallest absolute Gasteiger partial charge is 0.317 e. The molecule has 1 heterocycles. The van der Waals surface area contributed by atoms with E-state index in [-0.39, 0.29) is 12.6 Å². The molecule has 0 bridgehead atoms. The number of aliphatic carboxylic acids is 1. The van der Waals surface area contributed by atoms with E-state index in [1.807, 2.05) is 24.1 Å². The molecule has 0 saturated carbocycles. The number of carboxylic acids is 1. The van der Waals surface area contributed by atoms with Gasteiger partial charge in [0, 0.05) is 25.0 Å². The number of rotatable bonds is 6. The van der Waals surface area contributed by atoms with E-state index in [2.05, 4.69) is 18.8 Å². The highest BCUT2D eigenvalue weighted by molar-refractivity contribution is 5.69. The summed E-state index contributed by atoms with van der Waals surface area (Å²) in [4.78, 5) is 16.9. The fourth-order valence-electron chi connectivity index (χ4n) is 1.68. The van der Waals surface area contributed by atoms with E-state index in [0.29, 0.717) is 6.54 Å². The van der Waals surface area contributed by atoms with Gasteiger partial charge >= 0.3 is 5.97 Å². The van der Waals surface area contributed by atoms with Crippen molar-refractivity contribution in [3.8, 4) is 0 Å². The number of carboxylic acid groups (broad SMARTS) is 1. The second-order valence-corrected chi connectivity index (χ2v) is 4.36. The molecule has 17 heavy (non-hydrogen) atoms. The molecule has 0 saturated heterocycles. The van der Waals surface area contributed by atoms with E-state index in [0.717, 1.165) is 17.5 Å². The number of pyridine rings is 1. The van der Waals surface area contributed by atoms with Crippen LogP contribution in [-0.4, -0.2) is 33.5 Å². The summed E-state index contributed by atoms with van der Waals surface area (Å²) in [7, 11) is 0. The highest BCUT2D eigenvalue weighted by Gasteiger charge is 2.16. The summed E-state index contributed by atoms with van der Waals surface area (Å²) in [6.45, 7) is 6.85. The quantitative estimate of drug-likeness (QED) is 0.821. The van der Waals surface area contributed by atoms with Crippen molar-refractivity contribution < 1.29 is 9.90 Å². The molecule has 4 nitrogen and oxygen atoms in total. The van der Waals surface area contributed by atoms with Crippen LogP contribution in [0.5, 0.6) is 0 Å². The minimum absolute atomic E-state index is 0.0728. The summed E-state index contributed by atoms with van der Waals surface area (Å²) < 4.78 is 0. The highest BCUT2D eigenvalue weighted by Crippen LogP contribution is 2.12. The number of hydrogen-bond donors (Lipinski definition) is 1. The summed E-state index contributed by atoms with van der Waals surface area (Å²) in [6, 6.07) is 2.20. The average molecular weight is 236 g/mol. The highest BCUT2D eigenvalue weighted by atomic mass is 16.4. The Bertz CT molecular complexity index is 379. The molecular weight excluding hydrogens is 216 g/mol. The molecule has 94 valence electrons. The van der Waals surface area contributed by atoms with Gasteiger partial charge in [-0.05, 0) is 37.5 Å². The lowest BCUT2D eigenvalue weighted by Crippen LogP contribution is -2.36. The molecule has 0 aliphatic rings. The van der Waals surface area contributed by atoms with Crippen LogP contribution < -0.4 is 0 Å². The predicted octanol–water partition coefficient (Wildman–Crippen LogP) is 2.08. The fraction of sp³-hybridized carbons (Fsp3) is 0.538. The average Bonchev–Trinajstić information content (AvgIpc) is 2.29. The maximum absolute atomic E-state index is 10.8. The molecular formula is C13H20N2O2. The zero-order valence-electron chi connectivity index (χ0n) is 10.7. The van der Waals surface area contributed by atoms with Gasteiger partial charge in [0.15, 0.2) is 0 Å². The van der Waals surface area contributed by atoms with Gasteiger partial charge < -0.3 is 5.11 Å². The van der Waals surface area contributed by atoms with Crippen molar-refractivity contribution in [2.75, 3.05) is 6.54 Å². The zero-order valence-corrected chi connectivity index (χ0v) is 10.7. The maximum Gasteiger partial charge on any atom is 0.317 e. The lowest BCUT2D eigenvalue weighted by Gasteiger charge is -2.27. The van der Waals surface area contributed by atoms with Crippen LogP contribution in [0.3, 0.4) is 0 Å². The third kappa shape index (κ3) is 4.15. The number of nitrogens with zero attached hydrogens (tertiary/aromatic N) is 2. The molecule has 1 rings (SSSR count). The molecule has 0 aliphatic heterocycles. The molecule has 0 aliphatic carbocycles. The number of aryl methyl sites for hydroxylation is 1. The van der Waals surface area contributed by atoms with E-state index >= 15 is 0 Å². The monoisotopic (exact) mass is 236 g/mol. The largest absolute Gasteiger partial charge is 0.480 e.